The molecule has 1 aromatic carbocycles. The number of hydrogen-bond acceptors (Lipinski definition) is 3. The molecule has 0 unspecified atom stereocenters. The van der Waals surface area contributed by atoms with E-state index in [2.05, 4.69) is 9.71 Å². The van der Waals surface area contributed by atoms with E-state index in [4.69, 9.17) is 23.2 Å². The van der Waals surface area contributed by atoms with Gasteiger partial charge in [-0.1, -0.05) is 29.3 Å². The first-order valence-corrected chi connectivity index (χ1v) is 9.06. The lowest BCUT2D eigenvalue weighted by Crippen LogP contribution is -2.15. The van der Waals surface area contributed by atoms with Gasteiger partial charge in [-0.2, -0.15) is 0 Å². The highest BCUT2D eigenvalue weighted by Crippen LogP contribution is 2.39. The van der Waals surface area contributed by atoms with Gasteiger partial charge in [-0.15, -0.1) is 0 Å². The summed E-state index contributed by atoms with van der Waals surface area (Å²) in [5.41, 5.74) is 1.56. The Balaban J connectivity index is 1.93. The van der Waals surface area contributed by atoms with Crippen LogP contribution in [0.2, 0.25) is 10.0 Å². The van der Waals surface area contributed by atoms with Crippen LogP contribution in [0.1, 0.15) is 30.0 Å². The molecule has 3 rings (SSSR count). The molecule has 1 aliphatic rings. The van der Waals surface area contributed by atoms with E-state index in [1.807, 2.05) is 6.07 Å². The predicted octanol–water partition coefficient (Wildman–Crippen LogP) is 4.38. The third kappa shape index (κ3) is 3.21. The second-order valence-corrected chi connectivity index (χ2v) is 7.82. The number of pyridine rings is 1. The Morgan fingerprint density at radius 3 is 2.59 bits per heavy atom. The largest absolute Gasteiger partial charge is 0.264 e. The Labute approximate surface area is 139 Å². The van der Waals surface area contributed by atoms with Gasteiger partial charge < -0.3 is 0 Å². The van der Waals surface area contributed by atoms with Gasteiger partial charge in [0.1, 0.15) is 10.7 Å². The molecule has 1 aliphatic carbocycles. The van der Waals surface area contributed by atoms with Gasteiger partial charge in [0, 0.05) is 16.6 Å². The van der Waals surface area contributed by atoms with Crippen molar-refractivity contribution in [3.05, 3.63) is 51.6 Å². The summed E-state index contributed by atoms with van der Waals surface area (Å²) in [6, 6.07) is 8.22. The highest BCUT2D eigenvalue weighted by Gasteiger charge is 2.26. The monoisotopic (exact) mass is 356 g/mol. The lowest BCUT2D eigenvalue weighted by molar-refractivity contribution is 0.601. The third-order valence-corrected chi connectivity index (χ3v) is 5.73. The van der Waals surface area contributed by atoms with Gasteiger partial charge in [0.25, 0.3) is 10.0 Å². The molecule has 1 saturated carbocycles. The Morgan fingerprint density at radius 1 is 1.18 bits per heavy atom. The summed E-state index contributed by atoms with van der Waals surface area (Å²) in [6.45, 7) is 1.73. The van der Waals surface area contributed by atoms with Crippen LogP contribution in [0.4, 0.5) is 5.82 Å². The van der Waals surface area contributed by atoms with E-state index in [1.165, 1.54) is 12.1 Å². The van der Waals surface area contributed by atoms with Gasteiger partial charge in [-0.05, 0) is 49.6 Å². The smallest absolute Gasteiger partial charge is 0.263 e. The molecule has 2 aromatic rings. The van der Waals surface area contributed by atoms with E-state index < -0.39 is 10.0 Å². The fraction of sp³-hybridized carbons (Fsp3) is 0.267. The van der Waals surface area contributed by atoms with Crippen LogP contribution in [-0.4, -0.2) is 13.4 Å². The Hall–Kier alpha value is -1.30. The normalized spacial score (nSPS) is 14.9. The number of halogens is 2. The lowest BCUT2D eigenvalue weighted by Gasteiger charge is -2.11. The molecule has 1 aromatic heterocycles. The number of hydrogen-bond donors (Lipinski definition) is 1. The van der Waals surface area contributed by atoms with Crippen molar-refractivity contribution in [1.82, 2.24) is 4.98 Å². The van der Waals surface area contributed by atoms with Gasteiger partial charge in [0.05, 0.1) is 5.02 Å². The summed E-state index contributed by atoms with van der Waals surface area (Å²) in [7, 11) is -3.81. The molecule has 4 nitrogen and oxygen atoms in total. The van der Waals surface area contributed by atoms with Crippen molar-refractivity contribution < 1.29 is 8.42 Å². The van der Waals surface area contributed by atoms with Crippen molar-refractivity contribution in [2.45, 2.75) is 30.6 Å². The average molecular weight is 357 g/mol. The molecule has 0 radical (unpaired) electrons. The van der Waals surface area contributed by atoms with E-state index in [-0.39, 0.29) is 9.92 Å². The van der Waals surface area contributed by atoms with Crippen molar-refractivity contribution in [2.75, 3.05) is 4.72 Å². The molecular weight excluding hydrogens is 343 g/mol. The van der Waals surface area contributed by atoms with Gasteiger partial charge in [0.15, 0.2) is 0 Å². The molecular formula is C15H14Cl2N2O2S. The molecule has 116 valence electrons. The quantitative estimate of drug-likeness (QED) is 0.884. The van der Waals surface area contributed by atoms with Crippen molar-refractivity contribution in [2.24, 2.45) is 0 Å². The molecule has 0 bridgehead atoms. The van der Waals surface area contributed by atoms with Crippen LogP contribution in [0, 0.1) is 6.92 Å². The van der Waals surface area contributed by atoms with Crippen LogP contribution in [0.25, 0.3) is 0 Å². The zero-order chi connectivity index (χ0) is 15.9. The zero-order valence-corrected chi connectivity index (χ0v) is 14.1. The Kier molecular flexibility index (Phi) is 4.05. The molecule has 0 spiro atoms. The standard InChI is InChI=1S/C15H14Cl2N2O2S/c1-9-7-14(12(17)8-11(9)16)22(20,21)19-15-4-2-3-13(18-15)10-5-6-10/h2-4,7-8,10H,5-6H2,1H3,(H,18,19). The molecule has 0 atom stereocenters. The highest BCUT2D eigenvalue weighted by atomic mass is 35.5. The minimum atomic E-state index is -3.81. The minimum absolute atomic E-state index is 0.00492. The van der Waals surface area contributed by atoms with Crippen LogP contribution >= 0.6 is 23.2 Å². The summed E-state index contributed by atoms with van der Waals surface area (Å²) >= 11 is 12.0. The number of aromatic nitrogens is 1. The molecule has 1 heterocycles. The van der Waals surface area contributed by atoms with Gasteiger partial charge in [0.2, 0.25) is 0 Å². The number of benzene rings is 1. The fourth-order valence-corrected chi connectivity index (χ4v) is 3.98. The van der Waals surface area contributed by atoms with Crippen molar-refractivity contribution in [3.63, 3.8) is 0 Å². The maximum Gasteiger partial charge on any atom is 0.264 e. The van der Waals surface area contributed by atoms with E-state index in [0.29, 0.717) is 22.3 Å². The predicted molar refractivity (Wildman–Crippen MR) is 88.2 cm³/mol. The summed E-state index contributed by atoms with van der Waals surface area (Å²) < 4.78 is 27.5. The van der Waals surface area contributed by atoms with Gasteiger partial charge in [-0.3, -0.25) is 4.72 Å². The number of nitrogens with one attached hydrogen (secondary N) is 1. The lowest BCUT2D eigenvalue weighted by atomic mass is 10.2. The maximum absolute atomic E-state index is 12.5. The number of sulfonamides is 1. The molecule has 1 fully saturated rings. The molecule has 22 heavy (non-hydrogen) atoms. The number of anilines is 1. The fourth-order valence-electron chi connectivity index (χ4n) is 2.14. The molecule has 0 saturated heterocycles. The maximum atomic E-state index is 12.5. The summed E-state index contributed by atoms with van der Waals surface area (Å²) in [5, 5.41) is 0.513. The SMILES string of the molecule is Cc1cc(S(=O)(=O)Nc2cccc(C3CC3)n2)c(Cl)cc1Cl. The van der Waals surface area contributed by atoms with Gasteiger partial charge in [-0.25, -0.2) is 13.4 Å². The van der Waals surface area contributed by atoms with E-state index in [1.54, 1.807) is 19.1 Å². The van der Waals surface area contributed by atoms with Crippen LogP contribution < -0.4 is 4.72 Å². The first-order chi connectivity index (χ1) is 10.4. The van der Waals surface area contributed by atoms with Crippen LogP contribution in [0.5, 0.6) is 0 Å². The van der Waals surface area contributed by atoms with Crippen LogP contribution in [-0.2, 0) is 10.0 Å². The molecule has 0 aliphatic heterocycles. The number of rotatable bonds is 4. The van der Waals surface area contributed by atoms with Crippen LogP contribution in [0.3, 0.4) is 0 Å². The van der Waals surface area contributed by atoms with Crippen molar-refractivity contribution in [1.29, 1.82) is 0 Å². The average Bonchev–Trinajstić information content (AvgIpc) is 3.27. The third-order valence-electron chi connectivity index (χ3n) is 3.51. The van der Waals surface area contributed by atoms with E-state index in [0.717, 1.165) is 18.5 Å². The highest BCUT2D eigenvalue weighted by molar-refractivity contribution is 7.92. The van der Waals surface area contributed by atoms with Crippen molar-refractivity contribution in [3.8, 4) is 0 Å². The minimum Gasteiger partial charge on any atom is -0.263 e. The second-order valence-electron chi connectivity index (χ2n) is 5.36. The number of aryl methyl sites for hydroxylation is 1. The summed E-state index contributed by atoms with van der Waals surface area (Å²) in [6.07, 6.45) is 2.21. The molecule has 7 heteroatoms. The summed E-state index contributed by atoms with van der Waals surface area (Å²) in [4.78, 5) is 4.35. The Morgan fingerprint density at radius 2 is 1.91 bits per heavy atom. The topological polar surface area (TPSA) is 59.1 Å². The van der Waals surface area contributed by atoms with E-state index in [9.17, 15) is 8.42 Å². The zero-order valence-electron chi connectivity index (χ0n) is 11.8. The van der Waals surface area contributed by atoms with Gasteiger partial charge >= 0.3 is 0 Å². The van der Waals surface area contributed by atoms with E-state index >= 15 is 0 Å². The number of nitrogens with zero attached hydrogens (tertiary/aromatic N) is 1. The Bertz CT molecular complexity index is 833. The first kappa shape index (κ1) is 15.6. The molecule has 1 N–H and O–H groups in total. The van der Waals surface area contributed by atoms with Crippen LogP contribution in [0.15, 0.2) is 35.2 Å². The second kappa shape index (κ2) is 5.72. The summed E-state index contributed by atoms with van der Waals surface area (Å²) in [5.74, 6) is 0.749. The first-order valence-electron chi connectivity index (χ1n) is 6.82. The molecule has 0 amide bonds. The van der Waals surface area contributed by atoms with Crippen molar-refractivity contribution >= 4 is 39.0 Å².